The van der Waals surface area contributed by atoms with Crippen LogP contribution in [0.4, 0.5) is 4.39 Å². The zero-order chi connectivity index (χ0) is 23.4. The smallest absolute Gasteiger partial charge is 0.268 e. The fourth-order valence-electron chi connectivity index (χ4n) is 4.16. The van der Waals surface area contributed by atoms with Gasteiger partial charge < -0.3 is 19.9 Å². The fourth-order valence-corrected chi connectivity index (χ4v) is 4.16. The first-order chi connectivity index (χ1) is 16.0. The molecule has 0 aliphatic carbocycles. The molecule has 1 unspecified atom stereocenters. The molecular formula is C26H28FN3O3. The average Bonchev–Trinajstić information content (AvgIpc) is 3.23. The molecule has 6 nitrogen and oxygen atoms in total. The van der Waals surface area contributed by atoms with Crippen molar-refractivity contribution in [2.75, 3.05) is 6.61 Å². The lowest BCUT2D eigenvalue weighted by Gasteiger charge is -2.21. The number of nitrogens with one attached hydrogen (secondary N) is 2. The topological polar surface area (TPSA) is 72.4 Å². The maximum Gasteiger partial charge on any atom is 0.268 e. The van der Waals surface area contributed by atoms with Crippen LogP contribution in [0.3, 0.4) is 0 Å². The van der Waals surface area contributed by atoms with Crippen LogP contribution in [-0.4, -0.2) is 23.0 Å². The molecule has 0 saturated carbocycles. The highest BCUT2D eigenvalue weighted by molar-refractivity contribution is 6.01. The van der Waals surface area contributed by atoms with E-state index in [1.165, 1.54) is 12.1 Å². The number of hydrogen-bond donors (Lipinski definition) is 2. The van der Waals surface area contributed by atoms with E-state index in [1.54, 1.807) is 18.2 Å². The number of nitrogens with zero attached hydrogens (tertiary/aromatic N) is 1. The summed E-state index contributed by atoms with van der Waals surface area (Å²) in [5.74, 6) is -0.843. The number of fused-ring (bicyclic) bond motifs is 1. The fraction of sp³-hybridized carbons (Fsp3) is 0.308. The first kappa shape index (κ1) is 22.7. The van der Waals surface area contributed by atoms with Crippen molar-refractivity contribution in [1.29, 1.82) is 0 Å². The van der Waals surface area contributed by atoms with E-state index in [2.05, 4.69) is 10.6 Å². The van der Waals surface area contributed by atoms with Crippen molar-refractivity contribution in [3.8, 4) is 0 Å². The van der Waals surface area contributed by atoms with Gasteiger partial charge in [0.15, 0.2) is 0 Å². The number of carbonyl (C=O) groups excluding carboxylic acids is 2. The molecule has 0 spiro atoms. The van der Waals surface area contributed by atoms with Gasteiger partial charge in [0.05, 0.1) is 36.6 Å². The summed E-state index contributed by atoms with van der Waals surface area (Å²) < 4.78 is 20.7. The van der Waals surface area contributed by atoms with Gasteiger partial charge in [-0.2, -0.15) is 0 Å². The number of amides is 2. The van der Waals surface area contributed by atoms with Gasteiger partial charge in [-0.05, 0) is 42.7 Å². The van der Waals surface area contributed by atoms with Gasteiger partial charge in [0.2, 0.25) is 0 Å². The Morgan fingerprint density at radius 2 is 1.76 bits per heavy atom. The van der Waals surface area contributed by atoms with E-state index in [-0.39, 0.29) is 36.3 Å². The van der Waals surface area contributed by atoms with E-state index in [4.69, 9.17) is 4.74 Å². The Labute approximate surface area is 192 Å². The minimum absolute atomic E-state index is 0.130. The second-order valence-corrected chi connectivity index (χ2v) is 8.19. The Hall–Kier alpha value is -3.45. The van der Waals surface area contributed by atoms with Gasteiger partial charge >= 0.3 is 0 Å². The highest BCUT2D eigenvalue weighted by Crippen LogP contribution is 2.24. The first-order valence-corrected chi connectivity index (χ1v) is 11.2. The van der Waals surface area contributed by atoms with Crippen molar-refractivity contribution in [3.05, 3.63) is 94.6 Å². The van der Waals surface area contributed by atoms with Crippen molar-refractivity contribution in [2.45, 2.75) is 45.5 Å². The number of hydrogen-bond acceptors (Lipinski definition) is 3. The van der Waals surface area contributed by atoms with Crippen molar-refractivity contribution < 1.29 is 18.7 Å². The van der Waals surface area contributed by atoms with Gasteiger partial charge in [-0.15, -0.1) is 0 Å². The van der Waals surface area contributed by atoms with Gasteiger partial charge in [-0.25, -0.2) is 4.39 Å². The van der Waals surface area contributed by atoms with Crippen molar-refractivity contribution >= 4 is 11.8 Å². The number of carbonyl (C=O) groups is 2. The molecule has 0 bridgehead atoms. The summed E-state index contributed by atoms with van der Waals surface area (Å²) in [7, 11) is 0. The molecule has 2 amide bonds. The normalized spacial score (nSPS) is 14.8. The molecule has 172 valence electrons. The van der Waals surface area contributed by atoms with Crippen LogP contribution in [0.25, 0.3) is 0 Å². The molecule has 0 radical (unpaired) electrons. The number of benzene rings is 2. The van der Waals surface area contributed by atoms with Gasteiger partial charge in [-0.3, -0.25) is 9.59 Å². The lowest BCUT2D eigenvalue weighted by molar-refractivity contribution is 0.0774. The SMILES string of the molecule is CC[C@@H](NC(=O)c1cc(C(=O)NC(C)c2ccc(F)cc2)n2c1COCC2)c1ccccc1. The van der Waals surface area contributed by atoms with Crippen LogP contribution in [0.5, 0.6) is 0 Å². The van der Waals surface area contributed by atoms with Crippen LogP contribution in [-0.2, 0) is 17.9 Å². The maximum absolute atomic E-state index is 13.2. The molecule has 7 heteroatoms. The number of rotatable bonds is 7. The molecule has 2 N–H and O–H groups in total. The van der Waals surface area contributed by atoms with Crippen LogP contribution in [0.15, 0.2) is 60.7 Å². The first-order valence-electron chi connectivity index (χ1n) is 11.2. The van der Waals surface area contributed by atoms with E-state index >= 15 is 0 Å². The summed E-state index contributed by atoms with van der Waals surface area (Å²) in [4.78, 5) is 26.3. The average molecular weight is 450 g/mol. The predicted molar refractivity (Wildman–Crippen MR) is 123 cm³/mol. The standard InChI is InChI=1S/C26H28FN3O3/c1-3-22(19-7-5-4-6-8-19)29-25(31)21-15-23(30-13-14-33-16-24(21)30)26(32)28-17(2)18-9-11-20(27)12-10-18/h4-12,15,17,22H,3,13-14,16H2,1-2H3,(H,28,32)(H,29,31)/t17?,22-/m1/s1. The van der Waals surface area contributed by atoms with E-state index < -0.39 is 0 Å². The zero-order valence-corrected chi connectivity index (χ0v) is 18.8. The van der Waals surface area contributed by atoms with Crippen molar-refractivity contribution in [1.82, 2.24) is 15.2 Å². The molecule has 3 aromatic rings. The van der Waals surface area contributed by atoms with Gasteiger partial charge in [0.1, 0.15) is 11.5 Å². The number of aromatic nitrogens is 1. The third kappa shape index (κ3) is 4.98. The summed E-state index contributed by atoms with van der Waals surface area (Å²) >= 11 is 0. The minimum atomic E-state index is -0.325. The quantitative estimate of drug-likeness (QED) is 0.557. The molecule has 2 atom stereocenters. The minimum Gasteiger partial charge on any atom is -0.373 e. The zero-order valence-electron chi connectivity index (χ0n) is 18.8. The molecule has 2 heterocycles. The monoisotopic (exact) mass is 449 g/mol. The summed E-state index contributed by atoms with van der Waals surface area (Å²) in [6.07, 6.45) is 0.741. The molecule has 0 fully saturated rings. The third-order valence-corrected chi connectivity index (χ3v) is 6.02. The van der Waals surface area contributed by atoms with E-state index in [0.29, 0.717) is 30.1 Å². The maximum atomic E-state index is 13.2. The number of halogens is 1. The Kier molecular flexibility index (Phi) is 6.89. The lowest BCUT2D eigenvalue weighted by atomic mass is 10.0. The molecule has 1 aliphatic heterocycles. The van der Waals surface area contributed by atoms with Crippen LogP contribution in [0.1, 0.15) is 70.0 Å². The van der Waals surface area contributed by atoms with E-state index in [0.717, 1.165) is 17.5 Å². The second kappa shape index (κ2) is 10.0. The Morgan fingerprint density at radius 1 is 1.03 bits per heavy atom. The largest absolute Gasteiger partial charge is 0.373 e. The van der Waals surface area contributed by atoms with Gasteiger partial charge in [0.25, 0.3) is 11.8 Å². The lowest BCUT2D eigenvalue weighted by Crippen LogP contribution is -2.31. The third-order valence-electron chi connectivity index (χ3n) is 6.02. The Balaban J connectivity index is 1.56. The molecular weight excluding hydrogens is 421 g/mol. The second-order valence-electron chi connectivity index (χ2n) is 8.19. The van der Waals surface area contributed by atoms with Gasteiger partial charge in [-0.1, -0.05) is 49.4 Å². The van der Waals surface area contributed by atoms with E-state index in [9.17, 15) is 14.0 Å². The Morgan fingerprint density at radius 3 is 2.45 bits per heavy atom. The van der Waals surface area contributed by atoms with Crippen LogP contribution in [0.2, 0.25) is 0 Å². The summed E-state index contributed by atoms with van der Waals surface area (Å²) in [6, 6.07) is 17.0. The van der Waals surface area contributed by atoms with Gasteiger partial charge in [0, 0.05) is 6.54 Å². The number of ether oxygens (including phenoxy) is 1. The molecule has 33 heavy (non-hydrogen) atoms. The van der Waals surface area contributed by atoms with Crippen LogP contribution in [0, 0.1) is 5.82 Å². The van der Waals surface area contributed by atoms with E-state index in [1.807, 2.05) is 48.7 Å². The van der Waals surface area contributed by atoms with Crippen molar-refractivity contribution in [2.24, 2.45) is 0 Å². The van der Waals surface area contributed by atoms with Crippen molar-refractivity contribution in [3.63, 3.8) is 0 Å². The predicted octanol–water partition coefficient (Wildman–Crippen LogP) is 4.53. The van der Waals surface area contributed by atoms with Crippen LogP contribution < -0.4 is 10.6 Å². The highest BCUT2D eigenvalue weighted by atomic mass is 19.1. The van der Waals surface area contributed by atoms with Crippen LogP contribution >= 0.6 is 0 Å². The highest BCUT2D eigenvalue weighted by Gasteiger charge is 2.27. The molecule has 2 aromatic carbocycles. The summed E-state index contributed by atoms with van der Waals surface area (Å²) in [5.41, 5.74) is 3.39. The molecule has 1 aromatic heterocycles. The molecule has 1 aliphatic rings. The summed E-state index contributed by atoms with van der Waals surface area (Å²) in [6.45, 7) is 5.09. The molecule has 4 rings (SSSR count). The summed E-state index contributed by atoms with van der Waals surface area (Å²) in [5, 5.41) is 6.06. The molecule has 0 saturated heterocycles. The Bertz CT molecular complexity index is 1130.